The van der Waals surface area contributed by atoms with Crippen molar-refractivity contribution in [3.63, 3.8) is 0 Å². The van der Waals surface area contributed by atoms with E-state index in [1.165, 1.54) is 12.8 Å². The Hall–Kier alpha value is -0.370. The summed E-state index contributed by atoms with van der Waals surface area (Å²) in [5.41, 5.74) is 0. The molecule has 1 rings (SSSR count). The Balaban J connectivity index is 2.62. The molecule has 2 nitrogen and oxygen atoms in total. The molecule has 1 aliphatic rings. The van der Waals surface area contributed by atoms with Gasteiger partial charge in [-0.2, -0.15) is 0 Å². The van der Waals surface area contributed by atoms with Crippen molar-refractivity contribution in [2.24, 2.45) is 23.7 Å². The van der Waals surface area contributed by atoms with E-state index in [1.54, 1.807) is 6.92 Å². The Morgan fingerprint density at radius 2 is 1.44 bits per heavy atom. The molecule has 1 fully saturated rings. The largest absolute Gasteiger partial charge is 0.307 e. The number of Topliss-reactive ketones (excluding diaryl/α,β-unsaturated/α-hetero) is 1. The molecule has 1 saturated carbocycles. The molecule has 4 atom stereocenters. The fourth-order valence-corrected chi connectivity index (χ4v) is 3.16. The molecule has 0 heterocycles. The highest BCUT2D eigenvalue weighted by atomic mass is 16.1. The van der Waals surface area contributed by atoms with Crippen LogP contribution in [0.1, 0.15) is 47.5 Å². The highest BCUT2D eigenvalue weighted by Crippen LogP contribution is 2.34. The van der Waals surface area contributed by atoms with Gasteiger partial charge in [0, 0.05) is 6.04 Å². The van der Waals surface area contributed by atoms with Crippen molar-refractivity contribution in [2.45, 2.75) is 53.5 Å². The van der Waals surface area contributed by atoms with Gasteiger partial charge >= 0.3 is 0 Å². The Bertz CT molecular complexity index is 223. The van der Waals surface area contributed by atoms with Crippen molar-refractivity contribution >= 4 is 5.78 Å². The number of nitrogens with one attached hydrogen (secondary N) is 1. The van der Waals surface area contributed by atoms with Gasteiger partial charge in [0.15, 0.2) is 0 Å². The van der Waals surface area contributed by atoms with Crippen LogP contribution in [0.5, 0.6) is 0 Å². The zero-order chi connectivity index (χ0) is 12.3. The van der Waals surface area contributed by atoms with Gasteiger partial charge in [0.1, 0.15) is 5.78 Å². The second-order valence-corrected chi connectivity index (χ2v) is 5.99. The molecule has 0 aromatic rings. The van der Waals surface area contributed by atoms with E-state index in [0.29, 0.717) is 24.4 Å². The van der Waals surface area contributed by atoms with Gasteiger partial charge in [-0.1, -0.05) is 27.7 Å². The van der Waals surface area contributed by atoms with Gasteiger partial charge in [-0.3, -0.25) is 4.79 Å². The summed E-state index contributed by atoms with van der Waals surface area (Å²) < 4.78 is 0. The molecule has 0 amide bonds. The van der Waals surface area contributed by atoms with E-state index < -0.39 is 0 Å². The monoisotopic (exact) mass is 225 g/mol. The van der Waals surface area contributed by atoms with Crippen LogP contribution in [0.15, 0.2) is 0 Å². The number of ketones is 1. The Labute approximate surface area is 100 Å². The van der Waals surface area contributed by atoms with E-state index in [2.05, 4.69) is 33.0 Å². The molecule has 1 N–H and O–H groups in total. The first-order valence-electron chi connectivity index (χ1n) is 6.64. The van der Waals surface area contributed by atoms with Gasteiger partial charge < -0.3 is 5.32 Å². The maximum Gasteiger partial charge on any atom is 0.143 e. The molecule has 0 aliphatic heterocycles. The lowest BCUT2D eigenvalue weighted by molar-refractivity contribution is -0.116. The molecule has 2 heteroatoms. The molecule has 0 bridgehead atoms. The van der Waals surface area contributed by atoms with Crippen LogP contribution in [0.3, 0.4) is 0 Å². The van der Waals surface area contributed by atoms with Gasteiger partial charge in [0.25, 0.3) is 0 Å². The zero-order valence-electron chi connectivity index (χ0n) is 11.4. The van der Waals surface area contributed by atoms with Crippen molar-refractivity contribution in [3.05, 3.63) is 0 Å². The van der Waals surface area contributed by atoms with E-state index in [-0.39, 0.29) is 5.78 Å². The molecule has 0 aromatic heterocycles. The highest BCUT2D eigenvalue weighted by molar-refractivity contribution is 5.77. The first kappa shape index (κ1) is 13.7. The third-order valence-electron chi connectivity index (χ3n) is 4.27. The van der Waals surface area contributed by atoms with Crippen LogP contribution in [0.2, 0.25) is 0 Å². The summed E-state index contributed by atoms with van der Waals surface area (Å²) in [5.74, 6) is 3.21. The Morgan fingerprint density at radius 1 is 1.00 bits per heavy atom. The lowest BCUT2D eigenvalue weighted by Crippen LogP contribution is -2.41. The summed E-state index contributed by atoms with van der Waals surface area (Å²) in [4.78, 5) is 11.1. The first-order valence-corrected chi connectivity index (χ1v) is 6.64. The molecule has 16 heavy (non-hydrogen) atoms. The number of hydrogen-bond donors (Lipinski definition) is 1. The van der Waals surface area contributed by atoms with E-state index in [4.69, 9.17) is 0 Å². The lowest BCUT2D eigenvalue weighted by Gasteiger charge is -2.28. The summed E-state index contributed by atoms with van der Waals surface area (Å²) in [7, 11) is 0. The lowest BCUT2D eigenvalue weighted by atomic mass is 9.88. The van der Waals surface area contributed by atoms with Gasteiger partial charge in [-0.05, 0) is 43.4 Å². The van der Waals surface area contributed by atoms with Crippen LogP contribution >= 0.6 is 0 Å². The fourth-order valence-electron chi connectivity index (χ4n) is 3.16. The van der Waals surface area contributed by atoms with Crippen molar-refractivity contribution in [1.29, 1.82) is 0 Å². The van der Waals surface area contributed by atoms with Crippen molar-refractivity contribution in [3.8, 4) is 0 Å². The van der Waals surface area contributed by atoms with Crippen LogP contribution in [-0.2, 0) is 4.79 Å². The van der Waals surface area contributed by atoms with Crippen LogP contribution in [0.4, 0.5) is 0 Å². The van der Waals surface area contributed by atoms with Gasteiger partial charge in [-0.15, -0.1) is 0 Å². The maximum atomic E-state index is 11.1. The normalized spacial score (nSPS) is 40.4. The number of carbonyl (C=O) groups excluding carboxylic acids is 1. The summed E-state index contributed by atoms with van der Waals surface area (Å²) in [6.45, 7) is 11.6. The predicted molar refractivity (Wildman–Crippen MR) is 68.4 cm³/mol. The smallest absolute Gasteiger partial charge is 0.143 e. The van der Waals surface area contributed by atoms with Gasteiger partial charge in [0.2, 0.25) is 0 Å². The summed E-state index contributed by atoms with van der Waals surface area (Å²) in [6.07, 6.45) is 2.56. The SMILES string of the molecule is CC(=O)CNC1C(C)CC(C)C(C)CC1C. The van der Waals surface area contributed by atoms with E-state index in [9.17, 15) is 4.79 Å². The minimum absolute atomic E-state index is 0.241. The molecule has 94 valence electrons. The minimum atomic E-state index is 0.241. The van der Waals surface area contributed by atoms with Crippen LogP contribution in [-0.4, -0.2) is 18.4 Å². The summed E-state index contributed by atoms with van der Waals surface area (Å²) in [5, 5.41) is 3.45. The molecular weight excluding hydrogens is 198 g/mol. The average molecular weight is 225 g/mol. The van der Waals surface area contributed by atoms with Crippen molar-refractivity contribution < 1.29 is 4.79 Å². The molecule has 0 aromatic carbocycles. The fraction of sp³-hybridized carbons (Fsp3) is 0.929. The van der Waals surface area contributed by atoms with Crippen LogP contribution < -0.4 is 5.32 Å². The second kappa shape index (κ2) is 5.81. The second-order valence-electron chi connectivity index (χ2n) is 5.99. The molecule has 4 unspecified atom stereocenters. The van der Waals surface area contributed by atoms with E-state index in [0.717, 1.165) is 11.8 Å². The van der Waals surface area contributed by atoms with Gasteiger partial charge in [-0.25, -0.2) is 0 Å². The Morgan fingerprint density at radius 3 is 1.81 bits per heavy atom. The molecule has 0 spiro atoms. The summed E-state index contributed by atoms with van der Waals surface area (Å²) in [6, 6.07) is 0.510. The standard InChI is InChI=1S/C14H27NO/c1-9-6-11(3)14(15-8-13(5)16)12(4)7-10(9)2/h9-12,14-15H,6-8H2,1-5H3. The van der Waals surface area contributed by atoms with Crippen molar-refractivity contribution in [1.82, 2.24) is 5.32 Å². The topological polar surface area (TPSA) is 29.1 Å². The minimum Gasteiger partial charge on any atom is -0.307 e. The number of carbonyl (C=O) groups is 1. The summed E-state index contributed by atoms with van der Waals surface area (Å²) >= 11 is 0. The van der Waals surface area contributed by atoms with Crippen LogP contribution in [0.25, 0.3) is 0 Å². The molecular formula is C14H27NO. The van der Waals surface area contributed by atoms with Crippen LogP contribution in [0, 0.1) is 23.7 Å². The van der Waals surface area contributed by atoms with E-state index in [1.807, 2.05) is 0 Å². The third kappa shape index (κ3) is 3.58. The molecule has 1 aliphatic carbocycles. The first-order chi connectivity index (χ1) is 7.41. The van der Waals surface area contributed by atoms with Gasteiger partial charge in [0.05, 0.1) is 6.54 Å². The quantitative estimate of drug-likeness (QED) is 0.748. The van der Waals surface area contributed by atoms with Crippen molar-refractivity contribution in [2.75, 3.05) is 6.54 Å². The average Bonchev–Trinajstić information content (AvgIpc) is 2.24. The predicted octanol–water partition coefficient (Wildman–Crippen LogP) is 2.87. The highest BCUT2D eigenvalue weighted by Gasteiger charge is 2.31. The Kier molecular flexibility index (Phi) is 4.97. The molecule has 0 radical (unpaired) electrons. The molecule has 0 saturated heterocycles. The maximum absolute atomic E-state index is 11.1. The zero-order valence-corrected chi connectivity index (χ0v) is 11.4. The number of hydrogen-bond acceptors (Lipinski definition) is 2. The third-order valence-corrected chi connectivity index (χ3v) is 4.27. The number of rotatable bonds is 3. The van der Waals surface area contributed by atoms with E-state index >= 15 is 0 Å².